The van der Waals surface area contributed by atoms with Gasteiger partial charge < -0.3 is 44.4 Å². The Balaban J connectivity index is 1.15. The van der Waals surface area contributed by atoms with E-state index in [1.54, 1.807) is 0 Å². The Hall–Kier alpha value is -5.00. The number of hydrogen-bond acceptors (Lipinski definition) is 17. The van der Waals surface area contributed by atoms with Crippen molar-refractivity contribution in [2.75, 3.05) is 31.7 Å². The summed E-state index contributed by atoms with van der Waals surface area (Å²) in [6.07, 6.45) is 2.21. The Bertz CT molecular complexity index is 2570. The van der Waals surface area contributed by atoms with Crippen LogP contribution in [-0.4, -0.2) is 89.6 Å². The predicted octanol–water partition coefficient (Wildman–Crippen LogP) is 4.47. The quantitative estimate of drug-likeness (QED) is 0.0377. The van der Waals surface area contributed by atoms with Gasteiger partial charge in [-0.2, -0.15) is 13.7 Å². The molecule has 0 saturated carbocycles. The number of anilines is 1. The summed E-state index contributed by atoms with van der Waals surface area (Å²) in [4.78, 5) is 89.2. The zero-order valence-electron chi connectivity index (χ0n) is 33.9. The molecular weight excluding hydrogens is 899 g/mol. The molecule has 28 heteroatoms. The van der Waals surface area contributed by atoms with Crippen molar-refractivity contribution in [1.82, 2.24) is 14.9 Å². The summed E-state index contributed by atoms with van der Waals surface area (Å²) in [5.41, 5.74) is 1.31. The molecule has 63 heavy (non-hydrogen) atoms. The van der Waals surface area contributed by atoms with Gasteiger partial charge >= 0.3 is 29.2 Å². The number of fused-ring (bicyclic) bond motifs is 1. The molecule has 2 aliphatic rings. The first-order valence-corrected chi connectivity index (χ1v) is 23.2. The van der Waals surface area contributed by atoms with Gasteiger partial charge in [0, 0.05) is 61.6 Å². The van der Waals surface area contributed by atoms with Gasteiger partial charge in [-0.1, -0.05) is 18.2 Å². The van der Waals surface area contributed by atoms with Gasteiger partial charge in [-0.3, -0.25) is 33.8 Å². The SMILES string of the molecule is COc1cc2c(cc1/N=N/c1ccc([N+](=O)[O-])cc1)C(C)=CC(C)(C)N2CCCC(=O)NC/C=C/c1cn([C@H]2CC(O)[C@@H](COP(=O)(O)OP(=O)(O)OP(=O)(O)O)O2)c(=O)[nH]c1=O. The Labute approximate surface area is 357 Å². The summed E-state index contributed by atoms with van der Waals surface area (Å²) in [5, 5.41) is 32.8. The summed E-state index contributed by atoms with van der Waals surface area (Å²) < 4.78 is 58.4. The van der Waals surface area contributed by atoms with E-state index in [4.69, 9.17) is 19.3 Å². The number of azo groups is 1. The number of nitrogens with one attached hydrogen (secondary N) is 2. The molecule has 3 unspecified atom stereocenters. The Kier molecular flexibility index (Phi) is 15.4. The second-order valence-electron chi connectivity index (χ2n) is 14.5. The van der Waals surface area contributed by atoms with Crippen molar-refractivity contribution in [2.45, 2.75) is 64.0 Å². The van der Waals surface area contributed by atoms with E-state index in [2.05, 4.69) is 44.7 Å². The van der Waals surface area contributed by atoms with Gasteiger partial charge in [0.15, 0.2) is 0 Å². The molecule has 3 aromatic rings. The van der Waals surface area contributed by atoms with Gasteiger partial charge in [-0.25, -0.2) is 18.5 Å². The predicted molar refractivity (Wildman–Crippen MR) is 222 cm³/mol. The van der Waals surface area contributed by atoms with Crippen LogP contribution in [-0.2, 0) is 36.4 Å². The smallest absolute Gasteiger partial charge is 0.490 e. The Morgan fingerprint density at radius 2 is 1.79 bits per heavy atom. The highest BCUT2D eigenvalue weighted by Gasteiger charge is 2.43. The van der Waals surface area contributed by atoms with Crippen LogP contribution in [0.15, 0.2) is 74.6 Å². The van der Waals surface area contributed by atoms with Crippen LogP contribution in [0.4, 0.5) is 22.7 Å². The number of amides is 1. The van der Waals surface area contributed by atoms with Crippen LogP contribution in [0.1, 0.15) is 57.4 Å². The van der Waals surface area contributed by atoms with E-state index in [1.165, 1.54) is 43.5 Å². The molecule has 0 bridgehead atoms. The largest absolute Gasteiger partial charge is 0.494 e. The fourth-order valence-electron chi connectivity index (χ4n) is 6.68. The van der Waals surface area contributed by atoms with E-state index in [0.717, 1.165) is 27.6 Å². The number of methoxy groups -OCH3 is 1. The molecule has 5 rings (SSSR count). The highest BCUT2D eigenvalue weighted by Crippen LogP contribution is 2.66. The fourth-order valence-corrected chi connectivity index (χ4v) is 9.71. The molecule has 25 nitrogen and oxygen atoms in total. The van der Waals surface area contributed by atoms with E-state index in [9.17, 15) is 53.1 Å². The summed E-state index contributed by atoms with van der Waals surface area (Å²) in [6.45, 7) is 5.58. The van der Waals surface area contributed by atoms with E-state index in [0.29, 0.717) is 30.1 Å². The molecule has 2 aliphatic heterocycles. The summed E-state index contributed by atoms with van der Waals surface area (Å²) >= 11 is 0. The van der Waals surface area contributed by atoms with Crippen molar-refractivity contribution < 1.29 is 70.7 Å². The van der Waals surface area contributed by atoms with Crippen LogP contribution in [0.5, 0.6) is 5.75 Å². The number of aliphatic hydroxyl groups is 1. The molecule has 7 N–H and O–H groups in total. The van der Waals surface area contributed by atoms with Crippen molar-refractivity contribution >= 4 is 63.8 Å². The van der Waals surface area contributed by atoms with Crippen LogP contribution in [0.3, 0.4) is 0 Å². The van der Waals surface area contributed by atoms with Crippen molar-refractivity contribution in [3.63, 3.8) is 0 Å². The zero-order valence-corrected chi connectivity index (χ0v) is 36.6. The molecule has 0 aliphatic carbocycles. The lowest BCUT2D eigenvalue weighted by Gasteiger charge is -2.43. The Morgan fingerprint density at radius 1 is 1.10 bits per heavy atom. The van der Waals surface area contributed by atoms with Crippen molar-refractivity contribution in [3.05, 3.63) is 96.8 Å². The number of aromatic amines is 1. The standard InChI is InChI=1S/C35H44N7O18P3/c1-21-18-35(2,3)41(27-16-29(56-4)26(15-25(21)27)39-38-23-9-11-24(12-10-23)42(47)48)14-6-8-31(44)36-13-5-7-22-19-40(34(46)37-33(22)45)32-17-28(43)30(58-32)20-57-62(52,53)60-63(54,55)59-61(49,50)51/h5,7,9-12,15-16,18-19,28,30,32,43H,6,8,13-14,17,20H2,1-4H3,(H,36,44)(H,52,53)(H,54,55)(H,37,45,46)(H2,49,50,51)/b7-5+,39-38+/t28?,30-,32-/m1/s1. The second kappa shape index (κ2) is 19.8. The van der Waals surface area contributed by atoms with Crippen molar-refractivity contribution in [3.8, 4) is 5.75 Å². The number of carbonyl (C=O) groups is 1. The maximum Gasteiger partial charge on any atom is 0.490 e. The van der Waals surface area contributed by atoms with Gasteiger partial charge in [-0.15, -0.1) is 5.11 Å². The molecule has 1 amide bonds. The third kappa shape index (κ3) is 13.3. The number of hydrogen-bond donors (Lipinski definition) is 7. The van der Waals surface area contributed by atoms with Crippen molar-refractivity contribution in [1.29, 1.82) is 0 Å². The first-order chi connectivity index (χ1) is 29.4. The van der Waals surface area contributed by atoms with Crippen LogP contribution < -0.4 is 26.2 Å². The fraction of sp³-hybridized carbons (Fsp3) is 0.400. The third-order valence-corrected chi connectivity index (χ3v) is 13.2. The molecule has 3 heterocycles. The van der Waals surface area contributed by atoms with Gasteiger partial charge in [0.1, 0.15) is 23.8 Å². The molecule has 342 valence electrons. The molecule has 1 aromatic heterocycles. The molecule has 0 radical (unpaired) electrons. The second-order valence-corrected chi connectivity index (χ2v) is 18.9. The molecule has 1 fully saturated rings. The number of ether oxygens (including phenoxy) is 2. The van der Waals surface area contributed by atoms with Crippen LogP contribution in [0.25, 0.3) is 11.6 Å². The third-order valence-electron chi connectivity index (χ3n) is 9.44. The summed E-state index contributed by atoms with van der Waals surface area (Å²) in [6, 6.07) is 9.35. The topological polar surface area (TPSA) is 354 Å². The zero-order chi connectivity index (χ0) is 46.5. The highest BCUT2D eigenvalue weighted by molar-refractivity contribution is 7.66. The minimum atomic E-state index is -5.78. The molecule has 0 spiro atoms. The monoisotopic (exact) mass is 943 g/mol. The van der Waals surface area contributed by atoms with E-state index in [-0.39, 0.29) is 36.5 Å². The summed E-state index contributed by atoms with van der Waals surface area (Å²) in [5.74, 6) is 0.161. The first kappa shape index (κ1) is 49.0. The number of nitro benzene ring substituents is 1. The number of H-pyrrole nitrogens is 1. The van der Waals surface area contributed by atoms with E-state index in [1.807, 2.05) is 32.9 Å². The lowest BCUT2D eigenvalue weighted by atomic mass is 9.88. The maximum absolute atomic E-state index is 12.9. The number of rotatable bonds is 19. The first-order valence-electron chi connectivity index (χ1n) is 18.6. The lowest BCUT2D eigenvalue weighted by Crippen LogP contribution is -2.45. The van der Waals surface area contributed by atoms with Crippen LogP contribution >= 0.6 is 23.5 Å². The van der Waals surface area contributed by atoms with Gasteiger partial charge in [-0.05, 0) is 51.0 Å². The van der Waals surface area contributed by atoms with Crippen molar-refractivity contribution in [2.24, 2.45) is 10.2 Å². The number of aromatic nitrogens is 2. The summed E-state index contributed by atoms with van der Waals surface area (Å²) in [7, 11) is -15.4. The minimum Gasteiger partial charge on any atom is -0.494 e. The van der Waals surface area contributed by atoms with Gasteiger partial charge in [0.25, 0.3) is 11.2 Å². The van der Waals surface area contributed by atoms with Crippen LogP contribution in [0.2, 0.25) is 0 Å². The van der Waals surface area contributed by atoms with E-state index >= 15 is 0 Å². The minimum absolute atomic E-state index is 0.00703. The number of benzene rings is 2. The van der Waals surface area contributed by atoms with Gasteiger partial charge in [0.2, 0.25) is 5.91 Å². The normalized spacial score (nSPS) is 20.6. The number of phosphoric ester groups is 1. The van der Waals surface area contributed by atoms with Gasteiger partial charge in [0.05, 0.1) is 41.5 Å². The van der Waals surface area contributed by atoms with E-state index < -0.39 is 70.2 Å². The Morgan fingerprint density at radius 3 is 2.44 bits per heavy atom. The number of non-ortho nitro benzene ring substituents is 1. The molecule has 5 atom stereocenters. The molecule has 2 aromatic carbocycles. The number of allylic oxidation sites excluding steroid dienone is 1. The lowest BCUT2D eigenvalue weighted by molar-refractivity contribution is -0.384. The number of carbonyl (C=O) groups excluding carboxylic acids is 1. The average molecular weight is 944 g/mol. The number of nitrogens with zero attached hydrogens (tertiary/aromatic N) is 5. The number of phosphoric acid groups is 3. The number of aliphatic hydroxyl groups excluding tert-OH is 1. The highest BCUT2D eigenvalue weighted by atomic mass is 31.3. The average Bonchev–Trinajstić information content (AvgIpc) is 3.54. The molecule has 1 saturated heterocycles. The maximum atomic E-state index is 12.9. The molecular formula is C35H44N7O18P3. The van der Waals surface area contributed by atoms with Crippen LogP contribution in [0, 0.1) is 10.1 Å². The number of nitro groups is 1.